The molecule has 0 unspecified atom stereocenters. The summed E-state index contributed by atoms with van der Waals surface area (Å²) >= 11 is 0. The van der Waals surface area contributed by atoms with Gasteiger partial charge in [-0.2, -0.15) is 0 Å². The Morgan fingerprint density at radius 2 is 2.16 bits per heavy atom. The van der Waals surface area contributed by atoms with Crippen LogP contribution in [0, 0.1) is 0 Å². The van der Waals surface area contributed by atoms with Crippen molar-refractivity contribution >= 4 is 11.6 Å². The third kappa shape index (κ3) is 2.51. The van der Waals surface area contributed by atoms with Crippen LogP contribution in [0.5, 0.6) is 0 Å². The van der Waals surface area contributed by atoms with Crippen LogP contribution in [0.2, 0.25) is 0 Å². The van der Waals surface area contributed by atoms with Crippen molar-refractivity contribution < 1.29 is 4.79 Å². The third-order valence-electron chi connectivity index (χ3n) is 4.09. The first-order chi connectivity index (χ1) is 9.11. The molecule has 1 heterocycles. The van der Waals surface area contributed by atoms with Gasteiger partial charge in [0.2, 0.25) is 5.91 Å². The molecule has 1 saturated carbocycles. The Kier molecular flexibility index (Phi) is 3.07. The molecule has 4 heteroatoms. The molecule has 1 aliphatic carbocycles. The summed E-state index contributed by atoms with van der Waals surface area (Å²) in [6.45, 7) is 1.53. The number of rotatable bonds is 4. The SMILES string of the molecule is CNCc1ccc2c(c1)CCC(=O)N2CC1(N)CC1. The first kappa shape index (κ1) is 12.6. The number of nitrogens with zero attached hydrogens (tertiary/aromatic N) is 1. The fourth-order valence-electron chi connectivity index (χ4n) is 2.73. The molecule has 3 N–H and O–H groups in total. The zero-order valence-corrected chi connectivity index (χ0v) is 11.4. The van der Waals surface area contributed by atoms with E-state index in [-0.39, 0.29) is 11.4 Å². The Morgan fingerprint density at radius 1 is 1.37 bits per heavy atom. The number of hydrogen-bond donors (Lipinski definition) is 2. The van der Waals surface area contributed by atoms with E-state index in [1.807, 2.05) is 11.9 Å². The molecule has 3 rings (SSSR count). The zero-order chi connectivity index (χ0) is 13.5. The quantitative estimate of drug-likeness (QED) is 0.853. The number of fused-ring (bicyclic) bond motifs is 1. The number of nitrogens with two attached hydrogens (primary N) is 1. The van der Waals surface area contributed by atoms with Crippen molar-refractivity contribution in [2.45, 2.75) is 37.8 Å². The van der Waals surface area contributed by atoms with E-state index in [1.54, 1.807) is 0 Å². The van der Waals surface area contributed by atoms with Crippen LogP contribution in [0.3, 0.4) is 0 Å². The number of aryl methyl sites for hydroxylation is 1. The average Bonchev–Trinajstić information content (AvgIpc) is 3.11. The number of benzene rings is 1. The molecular formula is C15H21N3O. The van der Waals surface area contributed by atoms with Crippen LogP contribution in [0.4, 0.5) is 5.69 Å². The van der Waals surface area contributed by atoms with Gasteiger partial charge < -0.3 is 16.0 Å². The number of amides is 1. The summed E-state index contributed by atoms with van der Waals surface area (Å²) in [6.07, 6.45) is 3.51. The summed E-state index contributed by atoms with van der Waals surface area (Å²) in [5.74, 6) is 0.214. The van der Waals surface area contributed by atoms with Gasteiger partial charge in [-0.05, 0) is 43.5 Å². The summed E-state index contributed by atoms with van der Waals surface area (Å²) in [5, 5.41) is 3.16. The molecule has 1 aromatic carbocycles. The molecule has 1 fully saturated rings. The minimum absolute atomic E-state index is 0.131. The second-order valence-electron chi connectivity index (χ2n) is 5.84. The van der Waals surface area contributed by atoms with Crippen LogP contribution in [-0.4, -0.2) is 25.0 Å². The Labute approximate surface area is 114 Å². The Balaban J connectivity index is 1.88. The lowest BCUT2D eigenvalue weighted by Crippen LogP contribution is -2.45. The van der Waals surface area contributed by atoms with Gasteiger partial charge in [0.1, 0.15) is 0 Å². The van der Waals surface area contributed by atoms with Crippen molar-refractivity contribution in [3.05, 3.63) is 29.3 Å². The van der Waals surface area contributed by atoms with Crippen LogP contribution in [-0.2, 0) is 17.8 Å². The first-order valence-corrected chi connectivity index (χ1v) is 6.97. The maximum atomic E-state index is 12.1. The Morgan fingerprint density at radius 3 is 2.84 bits per heavy atom. The van der Waals surface area contributed by atoms with Gasteiger partial charge in [-0.3, -0.25) is 4.79 Å². The van der Waals surface area contributed by atoms with Gasteiger partial charge in [0.25, 0.3) is 0 Å². The van der Waals surface area contributed by atoms with E-state index in [9.17, 15) is 4.79 Å². The molecule has 0 saturated heterocycles. The molecule has 1 aliphatic heterocycles. The first-order valence-electron chi connectivity index (χ1n) is 6.97. The summed E-state index contributed by atoms with van der Waals surface area (Å²) in [4.78, 5) is 14.0. The molecule has 4 nitrogen and oxygen atoms in total. The maximum absolute atomic E-state index is 12.1. The van der Waals surface area contributed by atoms with Gasteiger partial charge in [-0.25, -0.2) is 0 Å². The number of anilines is 1. The van der Waals surface area contributed by atoms with Gasteiger partial charge in [-0.15, -0.1) is 0 Å². The van der Waals surface area contributed by atoms with E-state index in [1.165, 1.54) is 11.1 Å². The summed E-state index contributed by atoms with van der Waals surface area (Å²) in [5.41, 5.74) is 9.64. The fourth-order valence-corrected chi connectivity index (χ4v) is 2.73. The number of carbonyl (C=O) groups excluding carboxylic acids is 1. The van der Waals surface area contributed by atoms with Crippen LogP contribution in [0.15, 0.2) is 18.2 Å². The van der Waals surface area contributed by atoms with E-state index in [2.05, 4.69) is 23.5 Å². The predicted molar refractivity (Wildman–Crippen MR) is 76.0 cm³/mol. The molecule has 0 bridgehead atoms. The van der Waals surface area contributed by atoms with E-state index >= 15 is 0 Å². The van der Waals surface area contributed by atoms with Crippen molar-refractivity contribution in [3.8, 4) is 0 Å². The predicted octanol–water partition coefficient (Wildman–Crippen LogP) is 1.18. The molecule has 19 heavy (non-hydrogen) atoms. The summed E-state index contributed by atoms with van der Waals surface area (Å²) < 4.78 is 0. The second kappa shape index (κ2) is 4.62. The lowest BCUT2D eigenvalue weighted by Gasteiger charge is -2.32. The normalized spacial score (nSPS) is 20.3. The maximum Gasteiger partial charge on any atom is 0.227 e. The van der Waals surface area contributed by atoms with Crippen molar-refractivity contribution in [2.24, 2.45) is 5.73 Å². The molecule has 0 radical (unpaired) electrons. The highest BCUT2D eigenvalue weighted by Gasteiger charge is 2.42. The second-order valence-corrected chi connectivity index (χ2v) is 5.84. The van der Waals surface area contributed by atoms with Gasteiger partial charge in [0.05, 0.1) is 0 Å². The summed E-state index contributed by atoms with van der Waals surface area (Å²) in [6, 6.07) is 6.38. The van der Waals surface area contributed by atoms with Gasteiger partial charge in [-0.1, -0.05) is 12.1 Å². The van der Waals surface area contributed by atoms with Crippen molar-refractivity contribution in [2.75, 3.05) is 18.5 Å². The van der Waals surface area contributed by atoms with Crippen LogP contribution in [0.1, 0.15) is 30.4 Å². The average molecular weight is 259 g/mol. The molecule has 0 atom stereocenters. The third-order valence-corrected chi connectivity index (χ3v) is 4.09. The summed E-state index contributed by atoms with van der Waals surface area (Å²) in [7, 11) is 1.94. The largest absolute Gasteiger partial charge is 0.324 e. The van der Waals surface area contributed by atoms with E-state index in [0.29, 0.717) is 13.0 Å². The molecule has 102 valence electrons. The van der Waals surface area contributed by atoms with E-state index in [0.717, 1.165) is 31.5 Å². The Bertz CT molecular complexity index is 508. The lowest BCUT2D eigenvalue weighted by molar-refractivity contribution is -0.119. The lowest BCUT2D eigenvalue weighted by atomic mass is 9.98. The topological polar surface area (TPSA) is 58.4 Å². The van der Waals surface area contributed by atoms with Crippen molar-refractivity contribution in [1.29, 1.82) is 0 Å². The highest BCUT2D eigenvalue weighted by Crippen LogP contribution is 2.37. The zero-order valence-electron chi connectivity index (χ0n) is 11.4. The van der Waals surface area contributed by atoms with E-state index in [4.69, 9.17) is 5.73 Å². The van der Waals surface area contributed by atoms with Crippen molar-refractivity contribution in [3.63, 3.8) is 0 Å². The van der Waals surface area contributed by atoms with Crippen molar-refractivity contribution in [1.82, 2.24) is 5.32 Å². The number of hydrogen-bond acceptors (Lipinski definition) is 3. The van der Waals surface area contributed by atoms with Crippen LogP contribution >= 0.6 is 0 Å². The highest BCUT2D eigenvalue weighted by atomic mass is 16.2. The molecule has 1 aromatic rings. The Hall–Kier alpha value is -1.39. The minimum Gasteiger partial charge on any atom is -0.324 e. The molecular weight excluding hydrogens is 238 g/mol. The minimum atomic E-state index is -0.131. The fraction of sp³-hybridized carbons (Fsp3) is 0.533. The smallest absolute Gasteiger partial charge is 0.227 e. The molecule has 1 amide bonds. The number of nitrogens with one attached hydrogen (secondary N) is 1. The monoisotopic (exact) mass is 259 g/mol. The molecule has 0 aromatic heterocycles. The standard InChI is InChI=1S/C15H21N3O/c1-17-9-11-2-4-13-12(8-11)3-5-14(19)18(13)10-15(16)6-7-15/h2,4,8,17H,3,5-7,9-10,16H2,1H3. The highest BCUT2D eigenvalue weighted by molar-refractivity contribution is 5.96. The van der Waals surface area contributed by atoms with Crippen LogP contribution in [0.25, 0.3) is 0 Å². The van der Waals surface area contributed by atoms with Gasteiger partial charge >= 0.3 is 0 Å². The molecule has 0 spiro atoms. The molecule has 2 aliphatic rings. The van der Waals surface area contributed by atoms with Gasteiger partial charge in [0, 0.05) is 30.7 Å². The number of carbonyl (C=O) groups is 1. The van der Waals surface area contributed by atoms with Gasteiger partial charge in [0.15, 0.2) is 0 Å². The van der Waals surface area contributed by atoms with E-state index < -0.39 is 0 Å². The van der Waals surface area contributed by atoms with Crippen LogP contribution < -0.4 is 16.0 Å².